The predicted octanol–water partition coefficient (Wildman–Crippen LogP) is 3.73. The van der Waals surface area contributed by atoms with E-state index in [4.69, 9.17) is 38.2 Å². The van der Waals surface area contributed by atoms with Gasteiger partial charge in [-0.05, 0) is 51.3 Å². The van der Waals surface area contributed by atoms with Crippen LogP contribution in [0.2, 0.25) is 0 Å². The molecule has 0 atom stereocenters. The van der Waals surface area contributed by atoms with E-state index >= 15 is 0 Å². The number of benzene rings is 2. The molecule has 8 nitrogen and oxygen atoms in total. The van der Waals surface area contributed by atoms with Gasteiger partial charge in [-0.15, -0.1) is 0 Å². The third kappa shape index (κ3) is 7.92. The van der Waals surface area contributed by atoms with Gasteiger partial charge >= 0.3 is 7.82 Å². The molecule has 0 heterocycles. The van der Waals surface area contributed by atoms with Crippen LogP contribution in [0.4, 0.5) is 0 Å². The normalized spacial score (nSPS) is 10.9. The van der Waals surface area contributed by atoms with E-state index in [-0.39, 0.29) is 0 Å². The Morgan fingerprint density at radius 2 is 1.25 bits per heavy atom. The predicted molar refractivity (Wildman–Crippen MR) is 110 cm³/mol. The van der Waals surface area contributed by atoms with Crippen LogP contribution in [0.1, 0.15) is 11.1 Å². The highest BCUT2D eigenvalue weighted by Crippen LogP contribution is 2.38. The second kappa shape index (κ2) is 11.1. The summed E-state index contributed by atoms with van der Waals surface area (Å²) in [5.74, 6) is 2.64. The van der Waals surface area contributed by atoms with E-state index in [1.54, 1.807) is 28.4 Å². The molecule has 0 bridgehead atoms. The van der Waals surface area contributed by atoms with Crippen molar-refractivity contribution in [1.29, 1.82) is 0 Å². The molecule has 0 aliphatic rings. The van der Waals surface area contributed by atoms with Crippen LogP contribution in [0.15, 0.2) is 34.8 Å². The Balaban J connectivity index is 0.000000696. The van der Waals surface area contributed by atoms with Crippen molar-refractivity contribution < 1.29 is 38.2 Å². The Bertz CT molecular complexity index is 829. The van der Waals surface area contributed by atoms with E-state index in [0.717, 1.165) is 21.3 Å². The lowest BCUT2D eigenvalue weighted by Gasteiger charge is -2.12. The number of hydrogen-bond donors (Lipinski definition) is 3. The fourth-order valence-corrected chi connectivity index (χ4v) is 2.73. The Morgan fingerprint density at radius 1 is 0.786 bits per heavy atom. The maximum absolute atomic E-state index is 8.88. The smallest absolute Gasteiger partial charge is 0.466 e. The quantitative estimate of drug-likeness (QED) is 0.426. The highest BCUT2D eigenvalue weighted by molar-refractivity contribution is 9.10. The van der Waals surface area contributed by atoms with Crippen LogP contribution < -0.4 is 18.9 Å². The van der Waals surface area contributed by atoms with Gasteiger partial charge in [0.2, 0.25) is 5.75 Å². The lowest BCUT2D eigenvalue weighted by molar-refractivity contribution is 0.275. The maximum atomic E-state index is 8.88. The third-order valence-electron chi connectivity index (χ3n) is 3.33. The summed E-state index contributed by atoms with van der Waals surface area (Å²) in [6.45, 7) is 0. The molecule has 0 aliphatic carbocycles. The van der Waals surface area contributed by atoms with Gasteiger partial charge in [-0.2, -0.15) is 0 Å². The summed E-state index contributed by atoms with van der Waals surface area (Å²) < 4.78 is 31.1. The molecule has 0 fully saturated rings. The molecule has 2 aromatic carbocycles. The van der Waals surface area contributed by atoms with Crippen molar-refractivity contribution in [2.45, 2.75) is 0 Å². The first-order valence-corrected chi connectivity index (χ1v) is 10.1. The minimum Gasteiger partial charge on any atom is -0.496 e. The zero-order chi connectivity index (χ0) is 21.3. The van der Waals surface area contributed by atoms with Crippen molar-refractivity contribution in [2.24, 2.45) is 0 Å². The highest BCUT2D eigenvalue weighted by Gasteiger charge is 2.12. The molecular weight excluding hydrogens is 455 g/mol. The molecule has 0 unspecified atom stereocenters. The molecule has 0 aliphatic heterocycles. The lowest BCUT2D eigenvalue weighted by Crippen LogP contribution is -1.95. The molecule has 2 rings (SSSR count). The number of methoxy groups -OCH3 is 4. The van der Waals surface area contributed by atoms with Gasteiger partial charge in [0.25, 0.3) is 0 Å². The topological polar surface area (TPSA) is 115 Å². The second-order valence-corrected chi connectivity index (χ2v) is 7.08. The van der Waals surface area contributed by atoms with Crippen molar-refractivity contribution >= 4 is 35.9 Å². The van der Waals surface area contributed by atoms with E-state index in [1.807, 2.05) is 42.5 Å². The summed E-state index contributed by atoms with van der Waals surface area (Å²) in [5.41, 5.74) is 2.00. The summed E-state index contributed by atoms with van der Waals surface area (Å²) in [4.78, 5) is 21.6. The summed E-state index contributed by atoms with van der Waals surface area (Å²) in [5, 5.41) is 0. The number of phosphoric acid groups is 1. The molecule has 10 heteroatoms. The van der Waals surface area contributed by atoms with Crippen molar-refractivity contribution in [3.05, 3.63) is 45.9 Å². The lowest BCUT2D eigenvalue weighted by atomic mass is 10.1. The van der Waals surface area contributed by atoms with Gasteiger partial charge in [0.15, 0.2) is 11.5 Å². The number of hydrogen-bond acceptors (Lipinski definition) is 5. The number of rotatable bonds is 6. The molecule has 0 amide bonds. The molecule has 3 N–H and O–H groups in total. The molecule has 28 heavy (non-hydrogen) atoms. The van der Waals surface area contributed by atoms with Crippen LogP contribution in [0.25, 0.3) is 12.2 Å². The fraction of sp³-hybridized carbons (Fsp3) is 0.222. The average Bonchev–Trinajstić information content (AvgIpc) is 2.64. The summed E-state index contributed by atoms with van der Waals surface area (Å²) >= 11 is 3.48. The van der Waals surface area contributed by atoms with Crippen molar-refractivity contribution in [1.82, 2.24) is 0 Å². The zero-order valence-electron chi connectivity index (χ0n) is 15.7. The van der Waals surface area contributed by atoms with Crippen molar-refractivity contribution in [3.8, 4) is 23.0 Å². The average molecular weight is 477 g/mol. The summed E-state index contributed by atoms with van der Waals surface area (Å²) in [6.07, 6.45) is 3.99. The molecule has 0 aromatic heterocycles. The number of halogens is 1. The highest BCUT2D eigenvalue weighted by atomic mass is 79.9. The third-order valence-corrected chi connectivity index (χ3v) is 3.95. The van der Waals surface area contributed by atoms with Gasteiger partial charge in [-0.3, -0.25) is 0 Å². The van der Waals surface area contributed by atoms with E-state index in [9.17, 15) is 0 Å². The molecular formula is C18H22BrO8P. The molecule has 0 spiro atoms. The Morgan fingerprint density at radius 3 is 1.64 bits per heavy atom. The molecule has 0 saturated heterocycles. The Hall–Kier alpha value is -2.03. The van der Waals surface area contributed by atoms with Crippen molar-refractivity contribution in [2.75, 3.05) is 28.4 Å². The Kier molecular flexibility index (Phi) is 9.51. The van der Waals surface area contributed by atoms with Gasteiger partial charge in [0, 0.05) is 0 Å². The van der Waals surface area contributed by atoms with Gasteiger partial charge in [-0.1, -0.05) is 18.2 Å². The van der Waals surface area contributed by atoms with Crippen LogP contribution in [0.3, 0.4) is 0 Å². The SMILES string of the molecule is COc1ccc(C=Cc2cc(OC)c(OC)c(OC)c2)cc1Br.O=P(O)(O)O. The molecule has 2 aromatic rings. The Labute approximate surface area is 171 Å². The molecule has 154 valence electrons. The maximum Gasteiger partial charge on any atom is 0.466 e. The summed E-state index contributed by atoms with van der Waals surface area (Å²) in [7, 11) is 1.80. The van der Waals surface area contributed by atoms with Crippen molar-refractivity contribution in [3.63, 3.8) is 0 Å². The van der Waals surface area contributed by atoms with Crippen LogP contribution in [0, 0.1) is 0 Å². The van der Waals surface area contributed by atoms with Crippen LogP contribution in [-0.2, 0) is 4.57 Å². The first-order valence-electron chi connectivity index (χ1n) is 7.72. The van der Waals surface area contributed by atoms with E-state index in [0.29, 0.717) is 17.2 Å². The molecule has 0 saturated carbocycles. The second-order valence-electron chi connectivity index (χ2n) is 5.20. The first kappa shape index (κ1) is 24.0. The largest absolute Gasteiger partial charge is 0.496 e. The number of ether oxygens (including phenoxy) is 4. The van der Waals surface area contributed by atoms with Gasteiger partial charge in [0.1, 0.15) is 5.75 Å². The van der Waals surface area contributed by atoms with Crippen LogP contribution in [0.5, 0.6) is 23.0 Å². The van der Waals surface area contributed by atoms with E-state index < -0.39 is 7.82 Å². The van der Waals surface area contributed by atoms with Crippen LogP contribution in [-0.4, -0.2) is 43.1 Å². The minimum atomic E-state index is -4.64. The standard InChI is InChI=1S/C18H19BrO4.H3O4P/c1-20-15-8-7-12(9-14(15)19)5-6-13-10-16(21-2)18(23-4)17(11-13)22-3;1-5(2,3)4/h5-11H,1-4H3;(H3,1,2,3,4). The van der Waals surface area contributed by atoms with Crippen LogP contribution >= 0.6 is 23.8 Å². The monoisotopic (exact) mass is 476 g/mol. The molecule has 0 radical (unpaired) electrons. The summed E-state index contributed by atoms with van der Waals surface area (Å²) in [6, 6.07) is 9.69. The van der Waals surface area contributed by atoms with Gasteiger partial charge < -0.3 is 33.6 Å². The van der Waals surface area contributed by atoms with E-state index in [2.05, 4.69) is 15.9 Å². The van der Waals surface area contributed by atoms with E-state index in [1.165, 1.54) is 0 Å². The minimum absolute atomic E-state index is 0.583. The van der Waals surface area contributed by atoms with Gasteiger partial charge in [-0.25, -0.2) is 4.57 Å². The fourth-order valence-electron chi connectivity index (χ4n) is 2.18. The van der Waals surface area contributed by atoms with Gasteiger partial charge in [0.05, 0.1) is 32.9 Å². The zero-order valence-corrected chi connectivity index (χ0v) is 18.2. The first-order chi connectivity index (χ1) is 13.1.